The van der Waals surface area contributed by atoms with Gasteiger partial charge >= 0.3 is 0 Å². The molecule has 1 aliphatic heterocycles. The van der Waals surface area contributed by atoms with Gasteiger partial charge in [0.15, 0.2) is 0 Å². The Kier molecular flexibility index (Phi) is 5.46. The Morgan fingerprint density at radius 1 is 1.30 bits per heavy atom. The Bertz CT molecular complexity index is 843. The Morgan fingerprint density at radius 2 is 2.07 bits per heavy atom. The van der Waals surface area contributed by atoms with Crippen LogP contribution in [0.2, 0.25) is 0 Å². The first-order valence-corrected chi connectivity index (χ1v) is 9.71. The van der Waals surface area contributed by atoms with Crippen molar-refractivity contribution >= 4 is 28.3 Å². The zero-order chi connectivity index (χ0) is 19.6. The first kappa shape index (κ1) is 19.3. The van der Waals surface area contributed by atoms with Gasteiger partial charge in [-0.1, -0.05) is 44.2 Å². The minimum absolute atomic E-state index is 0.00511. The van der Waals surface area contributed by atoms with Crippen LogP contribution in [0.25, 0.3) is 10.6 Å². The third kappa shape index (κ3) is 4.27. The van der Waals surface area contributed by atoms with Gasteiger partial charge in [0.1, 0.15) is 16.8 Å². The van der Waals surface area contributed by atoms with E-state index in [1.807, 2.05) is 45.0 Å². The molecule has 27 heavy (non-hydrogen) atoms. The fraction of sp³-hybridized carbons (Fsp3) is 0.474. The van der Waals surface area contributed by atoms with Crippen LogP contribution in [-0.4, -0.2) is 46.6 Å². The standard InChI is InChI=1S/C19H24N4O3S/c1-19(2,3)17(25)23-10-6-9-14(23)15(24)20-18-22-21-16(27-18)12-7-5-8-13(11-12)26-4/h5,7-8,11,14H,6,9-10H2,1-4H3,(H,20,22,24)/t14-/m1/s1. The van der Waals surface area contributed by atoms with Crippen LogP contribution in [-0.2, 0) is 9.59 Å². The van der Waals surface area contributed by atoms with Crippen molar-refractivity contribution in [2.75, 3.05) is 19.0 Å². The first-order chi connectivity index (χ1) is 12.8. The second kappa shape index (κ2) is 7.64. The number of methoxy groups -OCH3 is 1. The lowest BCUT2D eigenvalue weighted by molar-refractivity contribution is -0.143. The molecule has 0 aliphatic carbocycles. The molecule has 2 aromatic rings. The van der Waals surface area contributed by atoms with Crippen LogP contribution >= 0.6 is 11.3 Å². The second-order valence-corrected chi connectivity index (χ2v) is 8.52. The molecule has 8 heteroatoms. The molecule has 7 nitrogen and oxygen atoms in total. The van der Waals surface area contributed by atoms with Gasteiger partial charge in [0.2, 0.25) is 16.9 Å². The van der Waals surface area contributed by atoms with Gasteiger partial charge in [-0.15, -0.1) is 10.2 Å². The van der Waals surface area contributed by atoms with Gasteiger partial charge in [0.25, 0.3) is 0 Å². The Morgan fingerprint density at radius 3 is 2.78 bits per heavy atom. The molecule has 1 aromatic heterocycles. The maximum absolute atomic E-state index is 12.7. The van der Waals surface area contributed by atoms with Crippen LogP contribution in [0.4, 0.5) is 5.13 Å². The minimum atomic E-state index is -0.509. The molecule has 1 N–H and O–H groups in total. The van der Waals surface area contributed by atoms with E-state index in [0.29, 0.717) is 23.1 Å². The van der Waals surface area contributed by atoms with Gasteiger partial charge in [-0.25, -0.2) is 0 Å². The van der Waals surface area contributed by atoms with E-state index in [4.69, 9.17) is 4.74 Å². The van der Waals surface area contributed by atoms with Crippen LogP contribution in [0.3, 0.4) is 0 Å². The summed E-state index contributed by atoms with van der Waals surface area (Å²) in [6, 6.07) is 7.06. The van der Waals surface area contributed by atoms with E-state index in [9.17, 15) is 9.59 Å². The highest BCUT2D eigenvalue weighted by atomic mass is 32.1. The van der Waals surface area contributed by atoms with Crippen LogP contribution in [0.5, 0.6) is 5.75 Å². The van der Waals surface area contributed by atoms with Crippen molar-refractivity contribution in [3.8, 4) is 16.3 Å². The van der Waals surface area contributed by atoms with Gasteiger partial charge < -0.3 is 9.64 Å². The summed E-state index contributed by atoms with van der Waals surface area (Å²) in [5, 5.41) is 12.2. The maximum atomic E-state index is 12.7. The van der Waals surface area contributed by atoms with E-state index in [2.05, 4.69) is 15.5 Å². The number of carbonyl (C=O) groups excluding carboxylic acids is 2. The van der Waals surface area contributed by atoms with Crippen molar-refractivity contribution in [1.29, 1.82) is 0 Å². The molecular weight excluding hydrogens is 364 g/mol. The number of ether oxygens (including phenoxy) is 1. The van der Waals surface area contributed by atoms with E-state index in [0.717, 1.165) is 17.7 Å². The average molecular weight is 388 g/mol. The lowest BCUT2D eigenvalue weighted by Crippen LogP contribution is -2.47. The summed E-state index contributed by atoms with van der Waals surface area (Å²) < 4.78 is 5.23. The van der Waals surface area contributed by atoms with Crippen molar-refractivity contribution in [3.05, 3.63) is 24.3 Å². The number of nitrogens with one attached hydrogen (secondary N) is 1. The zero-order valence-electron chi connectivity index (χ0n) is 16.0. The second-order valence-electron chi connectivity index (χ2n) is 7.54. The lowest BCUT2D eigenvalue weighted by Gasteiger charge is -2.29. The molecule has 2 heterocycles. The molecule has 144 valence electrons. The van der Waals surface area contributed by atoms with Crippen molar-refractivity contribution in [2.24, 2.45) is 5.41 Å². The monoisotopic (exact) mass is 388 g/mol. The Balaban J connectivity index is 1.71. The molecule has 1 saturated heterocycles. The number of rotatable bonds is 4. The topological polar surface area (TPSA) is 84.4 Å². The number of nitrogens with zero attached hydrogens (tertiary/aromatic N) is 3. The number of carbonyl (C=O) groups is 2. The summed E-state index contributed by atoms with van der Waals surface area (Å²) in [5.41, 5.74) is 0.364. The zero-order valence-corrected chi connectivity index (χ0v) is 16.8. The third-order valence-electron chi connectivity index (χ3n) is 4.43. The molecule has 0 spiro atoms. The van der Waals surface area contributed by atoms with Crippen LogP contribution < -0.4 is 10.1 Å². The molecular formula is C19H24N4O3S. The van der Waals surface area contributed by atoms with E-state index < -0.39 is 11.5 Å². The smallest absolute Gasteiger partial charge is 0.249 e. The van der Waals surface area contributed by atoms with Gasteiger partial charge in [-0.05, 0) is 25.0 Å². The quantitative estimate of drug-likeness (QED) is 0.869. The molecule has 1 atom stereocenters. The number of aromatic nitrogens is 2. The molecule has 1 fully saturated rings. The average Bonchev–Trinajstić information content (AvgIpc) is 3.29. The molecule has 1 aromatic carbocycles. The Labute approximate surface area is 162 Å². The van der Waals surface area contributed by atoms with Gasteiger partial charge in [0, 0.05) is 17.5 Å². The summed E-state index contributed by atoms with van der Waals surface area (Å²) in [5.74, 6) is 0.517. The third-order valence-corrected chi connectivity index (χ3v) is 5.32. The van der Waals surface area contributed by atoms with Crippen molar-refractivity contribution in [3.63, 3.8) is 0 Å². The molecule has 0 radical (unpaired) electrons. The number of benzene rings is 1. The highest BCUT2D eigenvalue weighted by Gasteiger charge is 2.38. The summed E-state index contributed by atoms with van der Waals surface area (Å²) in [6.45, 7) is 6.22. The SMILES string of the molecule is COc1cccc(-c2nnc(NC(=O)[C@H]3CCCN3C(=O)C(C)(C)C)s2)c1. The number of likely N-dealkylation sites (tertiary alicyclic amines) is 1. The van der Waals surface area contributed by atoms with Gasteiger partial charge in [0.05, 0.1) is 7.11 Å². The minimum Gasteiger partial charge on any atom is -0.497 e. The fourth-order valence-electron chi connectivity index (χ4n) is 3.05. The molecule has 3 rings (SSSR count). The van der Waals surface area contributed by atoms with Gasteiger partial charge in [-0.3, -0.25) is 14.9 Å². The van der Waals surface area contributed by atoms with Crippen LogP contribution in [0.1, 0.15) is 33.6 Å². The van der Waals surface area contributed by atoms with E-state index in [-0.39, 0.29) is 11.8 Å². The summed E-state index contributed by atoms with van der Waals surface area (Å²) in [6.07, 6.45) is 1.49. The number of anilines is 1. The summed E-state index contributed by atoms with van der Waals surface area (Å²) in [7, 11) is 1.61. The highest BCUT2D eigenvalue weighted by Crippen LogP contribution is 2.30. The molecule has 0 unspecified atom stereocenters. The van der Waals surface area contributed by atoms with Crippen LogP contribution in [0, 0.1) is 5.41 Å². The van der Waals surface area contributed by atoms with Gasteiger partial charge in [-0.2, -0.15) is 0 Å². The fourth-order valence-corrected chi connectivity index (χ4v) is 3.79. The largest absolute Gasteiger partial charge is 0.497 e. The highest BCUT2D eigenvalue weighted by molar-refractivity contribution is 7.18. The van der Waals surface area contributed by atoms with Crippen molar-refractivity contribution in [2.45, 2.75) is 39.7 Å². The Hall–Kier alpha value is -2.48. The van der Waals surface area contributed by atoms with Crippen molar-refractivity contribution in [1.82, 2.24) is 15.1 Å². The number of amides is 2. The van der Waals surface area contributed by atoms with E-state index in [1.165, 1.54) is 11.3 Å². The number of hydrogen-bond acceptors (Lipinski definition) is 6. The number of hydrogen-bond donors (Lipinski definition) is 1. The predicted molar refractivity (Wildman–Crippen MR) is 105 cm³/mol. The normalized spacial score (nSPS) is 17.0. The molecule has 0 bridgehead atoms. The van der Waals surface area contributed by atoms with E-state index in [1.54, 1.807) is 12.0 Å². The first-order valence-electron chi connectivity index (χ1n) is 8.89. The maximum Gasteiger partial charge on any atom is 0.249 e. The molecule has 1 aliphatic rings. The molecule has 2 amide bonds. The predicted octanol–water partition coefficient (Wildman–Crippen LogP) is 3.19. The summed E-state index contributed by atoms with van der Waals surface area (Å²) in [4.78, 5) is 27.0. The summed E-state index contributed by atoms with van der Waals surface area (Å²) >= 11 is 1.29. The lowest BCUT2D eigenvalue weighted by atomic mass is 9.94. The molecule has 0 saturated carbocycles. The van der Waals surface area contributed by atoms with Crippen LogP contribution in [0.15, 0.2) is 24.3 Å². The van der Waals surface area contributed by atoms with E-state index >= 15 is 0 Å². The van der Waals surface area contributed by atoms with Crippen molar-refractivity contribution < 1.29 is 14.3 Å².